The van der Waals surface area contributed by atoms with Gasteiger partial charge in [0.25, 0.3) is 0 Å². The summed E-state index contributed by atoms with van der Waals surface area (Å²) in [7, 11) is 0. The van der Waals surface area contributed by atoms with E-state index in [9.17, 15) is 0 Å². The number of nitrogens with zero attached hydrogens (tertiary/aromatic N) is 1. The summed E-state index contributed by atoms with van der Waals surface area (Å²) in [6.45, 7) is 0. The van der Waals surface area contributed by atoms with E-state index in [1.54, 1.807) is 6.20 Å². The fraction of sp³-hybridized carbons (Fsp3) is 0.125. The van der Waals surface area contributed by atoms with E-state index in [0.717, 1.165) is 12.1 Å². The second-order valence-electron chi connectivity index (χ2n) is 1.89. The van der Waals surface area contributed by atoms with Gasteiger partial charge in [-0.3, -0.25) is 4.98 Å². The van der Waals surface area contributed by atoms with Gasteiger partial charge in [0.15, 0.2) is 0 Å². The standard InChI is InChI=1S/C8H8BrN/c9-6-3-5-8-4-1-2-7-10-8/h1-4,6-7H,5H2/b6-3+. The summed E-state index contributed by atoms with van der Waals surface area (Å²) in [5.41, 5.74) is 1.10. The summed E-state index contributed by atoms with van der Waals surface area (Å²) in [5, 5.41) is 0. The van der Waals surface area contributed by atoms with Crippen LogP contribution in [0, 0.1) is 0 Å². The maximum Gasteiger partial charge on any atom is 0.0441 e. The maximum atomic E-state index is 4.14. The zero-order valence-corrected chi connectivity index (χ0v) is 7.08. The molecule has 0 bridgehead atoms. The Hall–Kier alpha value is -0.630. The fourth-order valence-electron chi connectivity index (χ4n) is 0.684. The van der Waals surface area contributed by atoms with Crippen molar-refractivity contribution in [3.05, 3.63) is 41.2 Å². The highest BCUT2D eigenvalue weighted by molar-refractivity contribution is 9.11. The van der Waals surface area contributed by atoms with Crippen LogP contribution in [0.4, 0.5) is 0 Å². The van der Waals surface area contributed by atoms with Gasteiger partial charge in [-0.15, -0.1) is 0 Å². The Morgan fingerprint density at radius 3 is 3.00 bits per heavy atom. The highest BCUT2D eigenvalue weighted by Gasteiger charge is 1.85. The normalized spacial score (nSPS) is 10.5. The van der Waals surface area contributed by atoms with Crippen molar-refractivity contribution in [3.8, 4) is 0 Å². The van der Waals surface area contributed by atoms with Crippen LogP contribution < -0.4 is 0 Å². The lowest BCUT2D eigenvalue weighted by molar-refractivity contribution is 1.11. The molecule has 0 fully saturated rings. The fourth-order valence-corrected chi connectivity index (χ4v) is 0.871. The minimum Gasteiger partial charge on any atom is -0.261 e. The third-order valence-corrected chi connectivity index (χ3v) is 1.52. The molecule has 0 aliphatic heterocycles. The monoisotopic (exact) mass is 197 g/mol. The molecule has 0 saturated heterocycles. The minimum atomic E-state index is 0.895. The Morgan fingerprint density at radius 1 is 1.50 bits per heavy atom. The average molecular weight is 198 g/mol. The molecule has 1 heterocycles. The molecule has 0 spiro atoms. The molecule has 0 aromatic carbocycles. The van der Waals surface area contributed by atoms with Crippen molar-refractivity contribution in [3.63, 3.8) is 0 Å². The van der Waals surface area contributed by atoms with Gasteiger partial charge >= 0.3 is 0 Å². The number of halogens is 1. The molecule has 0 unspecified atom stereocenters. The van der Waals surface area contributed by atoms with Gasteiger partial charge in [-0.2, -0.15) is 0 Å². The smallest absolute Gasteiger partial charge is 0.0441 e. The summed E-state index contributed by atoms with van der Waals surface area (Å²) < 4.78 is 0. The van der Waals surface area contributed by atoms with Crippen LogP contribution in [0.3, 0.4) is 0 Å². The van der Waals surface area contributed by atoms with Gasteiger partial charge in [-0.25, -0.2) is 0 Å². The maximum absolute atomic E-state index is 4.14. The van der Waals surface area contributed by atoms with E-state index >= 15 is 0 Å². The lowest BCUT2D eigenvalue weighted by atomic mass is 10.3. The van der Waals surface area contributed by atoms with Crippen molar-refractivity contribution in [1.29, 1.82) is 0 Å². The van der Waals surface area contributed by atoms with E-state index in [1.807, 2.05) is 29.3 Å². The molecule has 0 aliphatic rings. The Balaban J connectivity index is 2.59. The van der Waals surface area contributed by atoms with E-state index < -0.39 is 0 Å². The lowest BCUT2D eigenvalue weighted by Crippen LogP contribution is -1.83. The van der Waals surface area contributed by atoms with E-state index in [2.05, 4.69) is 20.9 Å². The molecule has 1 nitrogen and oxygen atoms in total. The van der Waals surface area contributed by atoms with E-state index in [4.69, 9.17) is 0 Å². The second-order valence-corrected chi connectivity index (χ2v) is 2.42. The third-order valence-electron chi connectivity index (χ3n) is 1.14. The number of allylic oxidation sites excluding steroid dienone is 1. The van der Waals surface area contributed by atoms with Crippen molar-refractivity contribution in [2.24, 2.45) is 0 Å². The van der Waals surface area contributed by atoms with E-state index in [1.165, 1.54) is 0 Å². The van der Waals surface area contributed by atoms with Gasteiger partial charge in [0, 0.05) is 18.3 Å². The summed E-state index contributed by atoms with van der Waals surface area (Å²) in [5.74, 6) is 0. The molecule has 0 N–H and O–H groups in total. The minimum absolute atomic E-state index is 0.895. The summed E-state index contributed by atoms with van der Waals surface area (Å²) in [4.78, 5) is 5.99. The van der Waals surface area contributed by atoms with Crippen LogP contribution in [0.2, 0.25) is 0 Å². The summed E-state index contributed by atoms with van der Waals surface area (Å²) in [6.07, 6.45) is 4.71. The van der Waals surface area contributed by atoms with Crippen molar-refractivity contribution in [1.82, 2.24) is 4.98 Å². The number of rotatable bonds is 2. The molecule has 0 radical (unpaired) electrons. The van der Waals surface area contributed by atoms with E-state index in [0.29, 0.717) is 0 Å². The second kappa shape index (κ2) is 4.23. The first-order chi connectivity index (χ1) is 4.93. The van der Waals surface area contributed by atoms with Crippen molar-refractivity contribution in [2.45, 2.75) is 6.42 Å². The van der Waals surface area contributed by atoms with Gasteiger partial charge in [-0.1, -0.05) is 28.1 Å². The number of hydrogen-bond donors (Lipinski definition) is 0. The predicted molar refractivity (Wildman–Crippen MR) is 46.0 cm³/mol. The van der Waals surface area contributed by atoms with Crippen molar-refractivity contribution >= 4 is 15.9 Å². The van der Waals surface area contributed by atoms with Crippen LogP contribution in [0.5, 0.6) is 0 Å². The van der Waals surface area contributed by atoms with Gasteiger partial charge < -0.3 is 0 Å². The topological polar surface area (TPSA) is 12.9 Å². The first kappa shape index (κ1) is 7.48. The first-order valence-electron chi connectivity index (χ1n) is 3.08. The Morgan fingerprint density at radius 2 is 2.40 bits per heavy atom. The predicted octanol–water partition coefficient (Wildman–Crippen LogP) is 2.53. The van der Waals surface area contributed by atoms with Crippen LogP contribution >= 0.6 is 15.9 Å². The Labute approximate surface area is 68.9 Å². The number of pyridine rings is 1. The molecule has 1 aromatic heterocycles. The SMILES string of the molecule is Br/C=C/Cc1ccccn1. The van der Waals surface area contributed by atoms with Crippen LogP contribution in [0.15, 0.2) is 35.5 Å². The molecule has 52 valence electrons. The van der Waals surface area contributed by atoms with Gasteiger partial charge in [-0.05, 0) is 17.1 Å². The first-order valence-corrected chi connectivity index (χ1v) is 4.00. The zero-order valence-electron chi connectivity index (χ0n) is 5.50. The highest BCUT2D eigenvalue weighted by Crippen LogP contribution is 1.96. The molecule has 1 aromatic rings. The zero-order chi connectivity index (χ0) is 7.23. The molecule has 0 atom stereocenters. The van der Waals surface area contributed by atoms with Gasteiger partial charge in [0.2, 0.25) is 0 Å². The largest absolute Gasteiger partial charge is 0.261 e. The van der Waals surface area contributed by atoms with Crippen LogP contribution in [0.25, 0.3) is 0 Å². The molecule has 1 rings (SSSR count). The quantitative estimate of drug-likeness (QED) is 0.711. The average Bonchev–Trinajstić information content (AvgIpc) is 2.03. The molecule has 10 heavy (non-hydrogen) atoms. The molecule has 0 amide bonds. The molecular formula is C8H8BrN. The van der Waals surface area contributed by atoms with Gasteiger partial charge in [0.05, 0.1) is 0 Å². The summed E-state index contributed by atoms with van der Waals surface area (Å²) in [6, 6.07) is 5.92. The van der Waals surface area contributed by atoms with Crippen molar-refractivity contribution in [2.75, 3.05) is 0 Å². The molecule has 2 heteroatoms. The van der Waals surface area contributed by atoms with Crippen LogP contribution in [0.1, 0.15) is 5.69 Å². The highest BCUT2D eigenvalue weighted by atomic mass is 79.9. The van der Waals surface area contributed by atoms with E-state index in [-0.39, 0.29) is 0 Å². The number of aromatic nitrogens is 1. The molecule has 0 saturated carbocycles. The Kier molecular flexibility index (Phi) is 3.16. The van der Waals surface area contributed by atoms with Crippen molar-refractivity contribution < 1.29 is 0 Å². The molecular weight excluding hydrogens is 190 g/mol. The van der Waals surface area contributed by atoms with Crippen LogP contribution in [-0.4, -0.2) is 4.98 Å². The third kappa shape index (κ3) is 2.31. The molecule has 0 aliphatic carbocycles. The van der Waals surface area contributed by atoms with Gasteiger partial charge in [0.1, 0.15) is 0 Å². The lowest BCUT2D eigenvalue weighted by Gasteiger charge is -1.90. The van der Waals surface area contributed by atoms with Crippen LogP contribution in [-0.2, 0) is 6.42 Å². The Bertz CT molecular complexity index is 206. The number of hydrogen-bond acceptors (Lipinski definition) is 1. The summed E-state index contributed by atoms with van der Waals surface area (Å²) >= 11 is 3.20.